The van der Waals surface area contributed by atoms with Crippen LogP contribution in [0.5, 0.6) is 11.5 Å². The quantitative estimate of drug-likeness (QED) is 0.461. The van der Waals surface area contributed by atoms with Gasteiger partial charge in [0.25, 0.3) is 0 Å². The van der Waals surface area contributed by atoms with Gasteiger partial charge in [-0.15, -0.1) is 0 Å². The summed E-state index contributed by atoms with van der Waals surface area (Å²) in [5.41, 5.74) is 4.09. The molecule has 1 amide bonds. The Bertz CT molecular complexity index is 970. The molecule has 0 aliphatic heterocycles. The van der Waals surface area contributed by atoms with E-state index in [9.17, 15) is 13.2 Å². The van der Waals surface area contributed by atoms with E-state index in [0.29, 0.717) is 11.1 Å². The van der Waals surface area contributed by atoms with E-state index in [1.807, 2.05) is 6.07 Å². The monoisotopic (exact) mass is 392 g/mol. The van der Waals surface area contributed by atoms with E-state index in [4.69, 9.17) is 8.92 Å². The number of nitrogens with one attached hydrogen (secondary N) is 1. The molecule has 0 aliphatic carbocycles. The summed E-state index contributed by atoms with van der Waals surface area (Å²) in [6, 6.07) is 9.63. The number of carbonyl (C=O) groups is 1. The summed E-state index contributed by atoms with van der Waals surface area (Å²) in [4.78, 5) is 11.1. The summed E-state index contributed by atoms with van der Waals surface area (Å²) in [5, 5.41) is 3.70. The zero-order valence-corrected chi connectivity index (χ0v) is 16.2. The fourth-order valence-corrected chi connectivity index (χ4v) is 3.43. The Labute approximate surface area is 157 Å². The van der Waals surface area contributed by atoms with Crippen molar-refractivity contribution in [2.45, 2.75) is 18.7 Å². The summed E-state index contributed by atoms with van der Waals surface area (Å²) < 4.78 is 40.2. The summed E-state index contributed by atoms with van der Waals surface area (Å²) in [7, 11) is -1.42. The Hall–Kier alpha value is -3.07. The fourth-order valence-electron chi connectivity index (χ4n) is 2.18. The van der Waals surface area contributed by atoms with Crippen LogP contribution in [0.4, 0.5) is 4.79 Å². The number of amides is 1. The molecule has 0 spiro atoms. The third-order valence-corrected chi connectivity index (χ3v) is 4.93. The summed E-state index contributed by atoms with van der Waals surface area (Å²) in [6.07, 6.45) is 0.639. The van der Waals surface area contributed by atoms with Crippen LogP contribution in [0.2, 0.25) is 0 Å². The first-order valence-electron chi connectivity index (χ1n) is 7.83. The third kappa shape index (κ3) is 5.20. The van der Waals surface area contributed by atoms with Crippen LogP contribution in [0.1, 0.15) is 16.7 Å². The van der Waals surface area contributed by atoms with Crippen LogP contribution in [-0.4, -0.2) is 34.9 Å². The van der Waals surface area contributed by atoms with Crippen LogP contribution >= 0.6 is 0 Å². The van der Waals surface area contributed by atoms with Crippen LogP contribution in [0, 0.1) is 13.8 Å². The Kier molecular flexibility index (Phi) is 6.40. The van der Waals surface area contributed by atoms with Crippen LogP contribution in [0.3, 0.4) is 0 Å². The first-order chi connectivity index (χ1) is 12.8. The number of nitrogens with zero attached hydrogens (tertiary/aromatic N) is 1. The number of aryl methyl sites for hydroxylation is 2. The molecule has 0 radical (unpaired) electrons. The van der Waals surface area contributed by atoms with Gasteiger partial charge in [0.1, 0.15) is 4.90 Å². The number of hydrogen-bond donors (Lipinski definition) is 1. The second-order valence-electron chi connectivity index (χ2n) is 5.58. The lowest BCUT2D eigenvalue weighted by atomic mass is 10.2. The van der Waals surface area contributed by atoms with Gasteiger partial charge in [-0.2, -0.15) is 13.5 Å². The molecule has 9 heteroatoms. The largest absolute Gasteiger partial charge is 0.493 e. The molecular weight excluding hydrogens is 372 g/mol. The van der Waals surface area contributed by atoms with Crippen molar-refractivity contribution in [3.63, 3.8) is 0 Å². The Morgan fingerprint density at radius 3 is 2.48 bits per heavy atom. The maximum Gasteiger partial charge on any atom is 0.427 e. The molecule has 0 saturated heterocycles. The molecular formula is C18H20N2O6S. The molecule has 0 atom stereocenters. The van der Waals surface area contributed by atoms with Gasteiger partial charge in [-0.25, -0.2) is 10.2 Å². The van der Waals surface area contributed by atoms with Gasteiger partial charge in [-0.1, -0.05) is 12.1 Å². The van der Waals surface area contributed by atoms with Crippen molar-refractivity contribution >= 4 is 22.4 Å². The van der Waals surface area contributed by atoms with Gasteiger partial charge in [0.2, 0.25) is 0 Å². The normalized spacial score (nSPS) is 11.3. The summed E-state index contributed by atoms with van der Waals surface area (Å²) in [6.45, 7) is 3.50. The first kappa shape index (κ1) is 20.2. The number of methoxy groups -OCH3 is 2. The van der Waals surface area contributed by atoms with Crippen molar-refractivity contribution in [3.8, 4) is 11.5 Å². The van der Waals surface area contributed by atoms with Crippen LogP contribution < -0.4 is 14.3 Å². The molecule has 0 aliphatic rings. The number of benzene rings is 2. The van der Waals surface area contributed by atoms with E-state index in [1.165, 1.54) is 32.6 Å². The van der Waals surface area contributed by atoms with E-state index in [1.54, 1.807) is 32.0 Å². The maximum atomic E-state index is 12.6. The SMILES string of the molecule is COC(=O)N/N=C\c1ccc(OS(=O)(=O)c2cc(C)ccc2C)c(OC)c1. The zero-order chi connectivity index (χ0) is 20.0. The number of rotatable bonds is 6. The second kappa shape index (κ2) is 8.54. The lowest BCUT2D eigenvalue weighted by molar-refractivity contribution is 0.171. The lowest BCUT2D eigenvalue weighted by Crippen LogP contribution is -2.16. The molecule has 2 aromatic rings. The Morgan fingerprint density at radius 2 is 1.81 bits per heavy atom. The highest BCUT2D eigenvalue weighted by Crippen LogP contribution is 2.31. The minimum atomic E-state index is -4.03. The van der Waals surface area contributed by atoms with E-state index in [2.05, 4.69) is 15.3 Å². The molecule has 27 heavy (non-hydrogen) atoms. The van der Waals surface area contributed by atoms with Crippen molar-refractivity contribution in [2.24, 2.45) is 5.10 Å². The average Bonchev–Trinajstić information content (AvgIpc) is 2.64. The molecule has 0 unspecified atom stereocenters. The maximum absolute atomic E-state index is 12.6. The van der Waals surface area contributed by atoms with Crippen LogP contribution in [-0.2, 0) is 14.9 Å². The van der Waals surface area contributed by atoms with Gasteiger partial charge in [0, 0.05) is 0 Å². The molecule has 2 aromatic carbocycles. The molecule has 8 nitrogen and oxygen atoms in total. The first-order valence-corrected chi connectivity index (χ1v) is 9.24. The number of carbonyl (C=O) groups excluding carboxylic acids is 1. The molecule has 1 N–H and O–H groups in total. The highest BCUT2D eigenvalue weighted by Gasteiger charge is 2.21. The predicted molar refractivity (Wildman–Crippen MR) is 99.9 cm³/mol. The summed E-state index contributed by atoms with van der Waals surface area (Å²) in [5.74, 6) is 0.238. The Morgan fingerprint density at radius 1 is 1.07 bits per heavy atom. The van der Waals surface area contributed by atoms with E-state index in [0.717, 1.165) is 5.56 Å². The van der Waals surface area contributed by atoms with Crippen molar-refractivity contribution in [1.82, 2.24) is 5.43 Å². The zero-order valence-electron chi connectivity index (χ0n) is 15.3. The predicted octanol–water partition coefficient (Wildman–Crippen LogP) is 2.77. The van der Waals surface area contributed by atoms with Gasteiger partial charge in [-0.3, -0.25) is 0 Å². The molecule has 2 rings (SSSR count). The topological polar surface area (TPSA) is 103 Å². The van der Waals surface area contributed by atoms with Crippen molar-refractivity contribution in [3.05, 3.63) is 53.1 Å². The molecule has 0 fully saturated rings. The third-order valence-electron chi connectivity index (χ3n) is 3.56. The van der Waals surface area contributed by atoms with Crippen molar-refractivity contribution in [1.29, 1.82) is 0 Å². The smallest absolute Gasteiger partial charge is 0.427 e. The average molecular weight is 392 g/mol. The van der Waals surface area contributed by atoms with E-state index >= 15 is 0 Å². The number of hydrazone groups is 1. The summed E-state index contributed by atoms with van der Waals surface area (Å²) >= 11 is 0. The Balaban J connectivity index is 2.28. The van der Waals surface area contributed by atoms with Crippen LogP contribution in [0.15, 0.2) is 46.4 Å². The molecule has 0 bridgehead atoms. The van der Waals surface area contributed by atoms with Crippen molar-refractivity contribution < 1.29 is 26.9 Å². The van der Waals surface area contributed by atoms with E-state index < -0.39 is 16.2 Å². The highest BCUT2D eigenvalue weighted by atomic mass is 32.2. The molecule has 0 aromatic heterocycles. The van der Waals surface area contributed by atoms with E-state index in [-0.39, 0.29) is 16.4 Å². The minimum absolute atomic E-state index is 0.0384. The number of hydrogen-bond acceptors (Lipinski definition) is 7. The van der Waals surface area contributed by atoms with Crippen molar-refractivity contribution in [2.75, 3.05) is 14.2 Å². The number of ether oxygens (including phenoxy) is 2. The lowest BCUT2D eigenvalue weighted by Gasteiger charge is -2.13. The highest BCUT2D eigenvalue weighted by molar-refractivity contribution is 7.87. The van der Waals surface area contributed by atoms with Gasteiger partial charge < -0.3 is 13.7 Å². The standard InChI is InChI=1S/C18H20N2O6S/c1-12-5-6-13(2)17(9-12)27(22,23)26-15-8-7-14(10-16(15)24-3)11-19-20-18(21)25-4/h5-11H,1-4H3,(H,20,21)/b19-11-. The second-order valence-corrected chi connectivity index (χ2v) is 7.09. The van der Waals surface area contributed by atoms with Gasteiger partial charge in [0.15, 0.2) is 11.5 Å². The molecule has 0 heterocycles. The van der Waals surface area contributed by atoms with Gasteiger partial charge in [0.05, 0.1) is 20.4 Å². The minimum Gasteiger partial charge on any atom is -0.493 e. The van der Waals surface area contributed by atoms with Crippen LogP contribution in [0.25, 0.3) is 0 Å². The van der Waals surface area contributed by atoms with Gasteiger partial charge in [-0.05, 0) is 54.8 Å². The molecule has 0 saturated carbocycles. The van der Waals surface area contributed by atoms with Gasteiger partial charge >= 0.3 is 16.2 Å². The fraction of sp³-hybridized carbons (Fsp3) is 0.222. The molecule has 144 valence electrons.